The predicted molar refractivity (Wildman–Crippen MR) is 76.9 cm³/mol. The number of hydrogen-bond acceptors (Lipinski definition) is 3. The molecule has 0 aromatic carbocycles. The van der Waals surface area contributed by atoms with Gasteiger partial charge in [0.1, 0.15) is 0 Å². The standard InChI is InChI=1S/C15H27N3O/c1-4-14-13(11-18(3)16-14)10-17(2)9-12-7-5-6-8-15(12)19/h11-12,15,19H,4-10H2,1-3H3. The van der Waals surface area contributed by atoms with E-state index in [1.54, 1.807) is 0 Å². The lowest BCUT2D eigenvalue weighted by molar-refractivity contribution is 0.0501. The van der Waals surface area contributed by atoms with Crippen molar-refractivity contribution in [1.82, 2.24) is 14.7 Å². The van der Waals surface area contributed by atoms with E-state index in [9.17, 15) is 5.11 Å². The third-order valence-electron chi connectivity index (χ3n) is 4.18. The highest BCUT2D eigenvalue weighted by Crippen LogP contribution is 2.25. The third kappa shape index (κ3) is 3.80. The minimum Gasteiger partial charge on any atom is -0.393 e. The van der Waals surface area contributed by atoms with E-state index in [2.05, 4.69) is 30.2 Å². The van der Waals surface area contributed by atoms with E-state index in [1.807, 2.05) is 11.7 Å². The first-order valence-corrected chi connectivity index (χ1v) is 7.48. The number of aryl methyl sites for hydroxylation is 2. The molecule has 1 N–H and O–H groups in total. The van der Waals surface area contributed by atoms with Crippen LogP contribution in [-0.4, -0.2) is 39.5 Å². The minimum atomic E-state index is -0.101. The SMILES string of the molecule is CCc1nn(C)cc1CN(C)CC1CCCCC1O. The second-order valence-electron chi connectivity index (χ2n) is 5.94. The fourth-order valence-electron chi connectivity index (χ4n) is 3.17. The van der Waals surface area contributed by atoms with Gasteiger partial charge in [-0.2, -0.15) is 5.10 Å². The molecule has 1 aliphatic carbocycles. The van der Waals surface area contributed by atoms with Gasteiger partial charge in [-0.15, -0.1) is 0 Å². The molecule has 108 valence electrons. The quantitative estimate of drug-likeness (QED) is 0.885. The molecule has 0 bridgehead atoms. The molecule has 19 heavy (non-hydrogen) atoms. The molecule has 2 atom stereocenters. The van der Waals surface area contributed by atoms with Crippen molar-refractivity contribution in [3.05, 3.63) is 17.5 Å². The molecule has 4 nitrogen and oxygen atoms in total. The van der Waals surface area contributed by atoms with Crippen LogP contribution in [0.15, 0.2) is 6.20 Å². The summed E-state index contributed by atoms with van der Waals surface area (Å²) in [6.07, 6.45) is 7.59. The van der Waals surface area contributed by atoms with Crippen LogP contribution in [-0.2, 0) is 20.0 Å². The zero-order chi connectivity index (χ0) is 13.8. The lowest BCUT2D eigenvalue weighted by Crippen LogP contribution is -2.34. The maximum Gasteiger partial charge on any atom is 0.0666 e. The summed E-state index contributed by atoms with van der Waals surface area (Å²) in [6.45, 7) is 4.07. The second kappa shape index (κ2) is 6.53. The predicted octanol–water partition coefficient (Wildman–Crippen LogP) is 1.97. The van der Waals surface area contributed by atoms with Crippen molar-refractivity contribution in [3.8, 4) is 0 Å². The summed E-state index contributed by atoms with van der Waals surface area (Å²) < 4.78 is 1.90. The van der Waals surface area contributed by atoms with Crippen LogP contribution in [0, 0.1) is 5.92 Å². The summed E-state index contributed by atoms with van der Waals surface area (Å²) in [7, 11) is 4.13. The zero-order valence-corrected chi connectivity index (χ0v) is 12.5. The van der Waals surface area contributed by atoms with Gasteiger partial charge in [0.25, 0.3) is 0 Å². The Morgan fingerprint density at radius 2 is 2.16 bits per heavy atom. The van der Waals surface area contributed by atoms with E-state index in [0.717, 1.165) is 25.9 Å². The summed E-state index contributed by atoms with van der Waals surface area (Å²) >= 11 is 0. The summed E-state index contributed by atoms with van der Waals surface area (Å²) in [5.41, 5.74) is 2.51. The molecule has 0 amide bonds. The Hall–Kier alpha value is -0.870. The van der Waals surface area contributed by atoms with Gasteiger partial charge in [-0.05, 0) is 32.2 Å². The average molecular weight is 265 g/mol. The number of aliphatic hydroxyl groups is 1. The van der Waals surface area contributed by atoms with Crippen molar-refractivity contribution >= 4 is 0 Å². The Balaban J connectivity index is 1.91. The lowest BCUT2D eigenvalue weighted by Gasteiger charge is -2.31. The largest absolute Gasteiger partial charge is 0.393 e. The van der Waals surface area contributed by atoms with E-state index in [1.165, 1.54) is 30.5 Å². The number of hydrogen-bond donors (Lipinski definition) is 1. The normalized spacial score (nSPS) is 24.1. The Morgan fingerprint density at radius 1 is 1.42 bits per heavy atom. The number of nitrogens with zero attached hydrogens (tertiary/aromatic N) is 3. The van der Waals surface area contributed by atoms with Gasteiger partial charge in [0.05, 0.1) is 11.8 Å². The first-order chi connectivity index (χ1) is 9.10. The minimum absolute atomic E-state index is 0.101. The van der Waals surface area contributed by atoms with Crippen LogP contribution in [0.3, 0.4) is 0 Å². The van der Waals surface area contributed by atoms with Crippen LogP contribution >= 0.6 is 0 Å². The molecule has 0 aliphatic heterocycles. The van der Waals surface area contributed by atoms with Gasteiger partial charge in [0, 0.05) is 31.9 Å². The van der Waals surface area contributed by atoms with E-state index in [-0.39, 0.29) is 6.10 Å². The number of rotatable bonds is 5. The van der Waals surface area contributed by atoms with Gasteiger partial charge in [0.2, 0.25) is 0 Å². The monoisotopic (exact) mass is 265 g/mol. The van der Waals surface area contributed by atoms with Crippen LogP contribution in [0.4, 0.5) is 0 Å². The fraction of sp³-hybridized carbons (Fsp3) is 0.800. The Kier molecular flexibility index (Phi) is 4.99. The van der Waals surface area contributed by atoms with Crippen molar-refractivity contribution in [3.63, 3.8) is 0 Å². The van der Waals surface area contributed by atoms with Crippen molar-refractivity contribution < 1.29 is 5.11 Å². The van der Waals surface area contributed by atoms with E-state index in [4.69, 9.17) is 0 Å². The van der Waals surface area contributed by atoms with Crippen LogP contribution in [0.5, 0.6) is 0 Å². The van der Waals surface area contributed by atoms with Gasteiger partial charge in [-0.1, -0.05) is 19.8 Å². The van der Waals surface area contributed by atoms with Crippen LogP contribution in [0.1, 0.15) is 43.9 Å². The topological polar surface area (TPSA) is 41.3 Å². The van der Waals surface area contributed by atoms with Crippen molar-refractivity contribution in [2.75, 3.05) is 13.6 Å². The van der Waals surface area contributed by atoms with Gasteiger partial charge in [0.15, 0.2) is 0 Å². The smallest absolute Gasteiger partial charge is 0.0666 e. The highest BCUT2D eigenvalue weighted by molar-refractivity contribution is 5.16. The van der Waals surface area contributed by atoms with Gasteiger partial charge in [-0.3, -0.25) is 4.68 Å². The summed E-state index contributed by atoms with van der Waals surface area (Å²) in [6, 6.07) is 0. The van der Waals surface area contributed by atoms with Gasteiger partial charge >= 0.3 is 0 Å². The van der Waals surface area contributed by atoms with Crippen molar-refractivity contribution in [2.24, 2.45) is 13.0 Å². The van der Waals surface area contributed by atoms with Gasteiger partial charge in [-0.25, -0.2) is 0 Å². The zero-order valence-electron chi connectivity index (χ0n) is 12.5. The molecule has 1 aliphatic rings. The molecule has 2 unspecified atom stereocenters. The van der Waals surface area contributed by atoms with E-state index in [0.29, 0.717) is 5.92 Å². The second-order valence-corrected chi connectivity index (χ2v) is 5.94. The van der Waals surface area contributed by atoms with E-state index >= 15 is 0 Å². The first kappa shape index (κ1) is 14.5. The Bertz CT molecular complexity index is 402. The molecule has 1 aromatic rings. The molecule has 1 heterocycles. The van der Waals surface area contributed by atoms with Crippen LogP contribution < -0.4 is 0 Å². The molecular weight excluding hydrogens is 238 g/mol. The van der Waals surface area contributed by atoms with E-state index < -0.39 is 0 Å². The molecule has 0 radical (unpaired) electrons. The molecule has 1 saturated carbocycles. The maximum atomic E-state index is 10.0. The highest BCUT2D eigenvalue weighted by Gasteiger charge is 2.24. The summed E-state index contributed by atoms with van der Waals surface area (Å²) in [5, 5.41) is 14.5. The average Bonchev–Trinajstić information content (AvgIpc) is 2.72. The van der Waals surface area contributed by atoms with Crippen molar-refractivity contribution in [2.45, 2.75) is 51.7 Å². The molecule has 0 spiro atoms. The Morgan fingerprint density at radius 3 is 2.84 bits per heavy atom. The highest BCUT2D eigenvalue weighted by atomic mass is 16.3. The summed E-state index contributed by atoms with van der Waals surface area (Å²) in [5.74, 6) is 0.445. The molecular formula is C15H27N3O. The number of aliphatic hydroxyl groups excluding tert-OH is 1. The van der Waals surface area contributed by atoms with Crippen LogP contribution in [0.2, 0.25) is 0 Å². The lowest BCUT2D eigenvalue weighted by atomic mass is 9.86. The molecule has 1 aromatic heterocycles. The van der Waals surface area contributed by atoms with Crippen molar-refractivity contribution in [1.29, 1.82) is 0 Å². The Labute approximate surface area is 116 Å². The first-order valence-electron chi connectivity index (χ1n) is 7.48. The third-order valence-corrected chi connectivity index (χ3v) is 4.18. The van der Waals surface area contributed by atoms with Crippen LogP contribution in [0.25, 0.3) is 0 Å². The molecule has 2 rings (SSSR count). The summed E-state index contributed by atoms with van der Waals surface area (Å²) in [4.78, 5) is 2.33. The molecule has 0 saturated heterocycles. The molecule has 1 fully saturated rings. The molecule has 4 heteroatoms. The van der Waals surface area contributed by atoms with Gasteiger partial charge < -0.3 is 10.0 Å². The maximum absolute atomic E-state index is 10.0. The number of aromatic nitrogens is 2. The fourth-order valence-corrected chi connectivity index (χ4v) is 3.17.